The Morgan fingerprint density at radius 1 is 1.11 bits per heavy atom. The second-order valence-corrected chi connectivity index (χ2v) is 7.63. The van der Waals surface area contributed by atoms with Gasteiger partial charge in [0.25, 0.3) is 0 Å². The molecule has 2 aliphatic rings. The molecule has 4 rings (SSSR count). The van der Waals surface area contributed by atoms with Crippen LogP contribution in [0.4, 0.5) is 13.2 Å². The summed E-state index contributed by atoms with van der Waals surface area (Å²) in [5.41, 5.74) is -0.531. The van der Waals surface area contributed by atoms with Crippen LogP contribution in [0.1, 0.15) is 62.4 Å². The van der Waals surface area contributed by atoms with Gasteiger partial charge in [-0.15, -0.1) is 0 Å². The Balaban J connectivity index is 1.54. The fourth-order valence-corrected chi connectivity index (χ4v) is 3.97. The van der Waals surface area contributed by atoms with Gasteiger partial charge in [0.15, 0.2) is 0 Å². The molecule has 0 amide bonds. The van der Waals surface area contributed by atoms with Gasteiger partial charge in [-0.05, 0) is 56.3 Å². The maximum atomic E-state index is 13.6. The van der Waals surface area contributed by atoms with E-state index in [1.807, 2.05) is 0 Å². The third kappa shape index (κ3) is 4.32. The summed E-state index contributed by atoms with van der Waals surface area (Å²) < 4.78 is 51.7. The minimum atomic E-state index is -4.52. The number of benzene rings is 1. The fourth-order valence-electron chi connectivity index (χ4n) is 3.97. The van der Waals surface area contributed by atoms with E-state index in [0.717, 1.165) is 51.1 Å². The maximum Gasteiger partial charge on any atom is 0.419 e. The van der Waals surface area contributed by atoms with Crippen molar-refractivity contribution in [3.63, 3.8) is 0 Å². The number of hydrogen-bond donors (Lipinski definition) is 1. The van der Waals surface area contributed by atoms with E-state index in [-0.39, 0.29) is 23.2 Å². The predicted molar refractivity (Wildman–Crippen MR) is 96.8 cm³/mol. The summed E-state index contributed by atoms with van der Waals surface area (Å²) in [6.07, 6.45) is 2.83. The molecule has 152 valence electrons. The number of hydrogen-bond acceptors (Lipinski definition) is 5. The van der Waals surface area contributed by atoms with Crippen LogP contribution in [-0.2, 0) is 6.18 Å². The van der Waals surface area contributed by atoms with Gasteiger partial charge in [-0.2, -0.15) is 18.2 Å². The molecule has 1 unspecified atom stereocenters. The van der Waals surface area contributed by atoms with Crippen molar-refractivity contribution in [2.24, 2.45) is 5.92 Å². The van der Waals surface area contributed by atoms with E-state index in [9.17, 15) is 13.2 Å². The minimum absolute atomic E-state index is 0.0264. The van der Waals surface area contributed by atoms with Crippen molar-refractivity contribution < 1.29 is 22.4 Å². The molecule has 0 spiro atoms. The van der Waals surface area contributed by atoms with E-state index in [4.69, 9.17) is 9.26 Å². The zero-order valence-electron chi connectivity index (χ0n) is 15.6. The first-order valence-corrected chi connectivity index (χ1v) is 9.92. The van der Waals surface area contributed by atoms with Crippen LogP contribution in [0.25, 0.3) is 11.4 Å². The third-order valence-corrected chi connectivity index (χ3v) is 5.54. The van der Waals surface area contributed by atoms with Crippen LogP contribution in [-0.4, -0.2) is 23.3 Å². The average molecular weight is 395 g/mol. The van der Waals surface area contributed by atoms with Gasteiger partial charge < -0.3 is 14.6 Å². The lowest BCUT2D eigenvalue weighted by molar-refractivity contribution is -0.139. The third-order valence-electron chi connectivity index (χ3n) is 5.54. The highest BCUT2D eigenvalue weighted by molar-refractivity contribution is 5.59. The molecule has 0 radical (unpaired) electrons. The van der Waals surface area contributed by atoms with Crippen molar-refractivity contribution in [1.82, 2.24) is 15.5 Å². The molecule has 2 aromatic rings. The van der Waals surface area contributed by atoms with Gasteiger partial charge in [-0.25, -0.2) is 0 Å². The van der Waals surface area contributed by atoms with Crippen LogP contribution >= 0.6 is 0 Å². The zero-order valence-corrected chi connectivity index (χ0v) is 15.6. The molecule has 8 heteroatoms. The topological polar surface area (TPSA) is 60.2 Å². The molecule has 28 heavy (non-hydrogen) atoms. The van der Waals surface area contributed by atoms with Crippen molar-refractivity contribution in [3.8, 4) is 17.1 Å². The van der Waals surface area contributed by atoms with Crippen molar-refractivity contribution in [1.29, 1.82) is 0 Å². The van der Waals surface area contributed by atoms with Gasteiger partial charge in [-0.1, -0.05) is 24.4 Å². The zero-order chi connectivity index (χ0) is 19.6. The molecule has 1 atom stereocenters. The minimum Gasteiger partial charge on any atom is -0.493 e. The summed E-state index contributed by atoms with van der Waals surface area (Å²) in [7, 11) is 0. The van der Waals surface area contributed by atoms with E-state index in [0.29, 0.717) is 18.4 Å². The Morgan fingerprint density at radius 2 is 1.93 bits per heavy atom. The first-order valence-electron chi connectivity index (χ1n) is 9.92. The summed E-state index contributed by atoms with van der Waals surface area (Å²) in [4.78, 5) is 4.29. The van der Waals surface area contributed by atoms with Crippen LogP contribution in [0.15, 0.2) is 22.7 Å². The molecular formula is C20H24F3N3O2. The lowest BCUT2D eigenvalue weighted by Crippen LogP contribution is -2.17. The summed E-state index contributed by atoms with van der Waals surface area (Å²) >= 11 is 0. The molecule has 2 heterocycles. The number of ether oxygens (including phenoxy) is 1. The molecule has 1 aliphatic carbocycles. The molecule has 1 saturated carbocycles. The highest BCUT2D eigenvalue weighted by Gasteiger charge is 2.35. The van der Waals surface area contributed by atoms with E-state index < -0.39 is 11.7 Å². The molecular weight excluding hydrogens is 371 g/mol. The number of aromatic nitrogens is 2. The SMILES string of the molecule is FC(F)(F)c1cc(-c2noc(C3CCCN3)n2)ccc1OCC1CCCCC1. The Hall–Kier alpha value is -2.09. The molecule has 1 aliphatic heterocycles. The number of nitrogens with zero attached hydrogens (tertiary/aromatic N) is 2. The standard InChI is InChI=1S/C20H24F3N3O2/c21-20(22,23)15-11-14(18-25-19(28-26-18)16-7-4-10-24-16)8-9-17(15)27-12-13-5-2-1-3-6-13/h8-9,11,13,16,24H,1-7,10,12H2. The van der Waals surface area contributed by atoms with Crippen molar-refractivity contribution in [2.45, 2.75) is 57.2 Å². The lowest BCUT2D eigenvalue weighted by atomic mass is 9.90. The molecule has 1 saturated heterocycles. The van der Waals surface area contributed by atoms with Gasteiger partial charge in [0.05, 0.1) is 18.2 Å². The molecule has 0 bridgehead atoms. The Morgan fingerprint density at radius 3 is 2.64 bits per heavy atom. The van der Waals surface area contributed by atoms with Gasteiger partial charge in [0, 0.05) is 5.56 Å². The van der Waals surface area contributed by atoms with Gasteiger partial charge >= 0.3 is 6.18 Å². The van der Waals surface area contributed by atoms with E-state index in [2.05, 4.69) is 15.5 Å². The van der Waals surface area contributed by atoms with Crippen molar-refractivity contribution in [2.75, 3.05) is 13.2 Å². The predicted octanol–water partition coefficient (Wildman–Crippen LogP) is 5.14. The Bertz CT molecular complexity index is 794. The van der Waals surface area contributed by atoms with Crippen LogP contribution in [0.3, 0.4) is 0 Å². The van der Waals surface area contributed by atoms with Crippen molar-refractivity contribution >= 4 is 0 Å². The second-order valence-electron chi connectivity index (χ2n) is 7.63. The van der Waals surface area contributed by atoms with Gasteiger partial charge in [0.2, 0.25) is 11.7 Å². The first-order chi connectivity index (χ1) is 13.5. The summed E-state index contributed by atoms with van der Waals surface area (Å²) in [6, 6.07) is 3.95. The Labute approximate surface area is 161 Å². The monoisotopic (exact) mass is 395 g/mol. The smallest absolute Gasteiger partial charge is 0.419 e. The number of rotatable bonds is 5. The first kappa shape index (κ1) is 19.2. The molecule has 1 aromatic heterocycles. The highest BCUT2D eigenvalue weighted by atomic mass is 19.4. The maximum absolute atomic E-state index is 13.6. The number of alkyl halides is 3. The van der Waals surface area contributed by atoms with Crippen LogP contribution < -0.4 is 10.1 Å². The largest absolute Gasteiger partial charge is 0.493 e. The van der Waals surface area contributed by atoms with E-state index >= 15 is 0 Å². The van der Waals surface area contributed by atoms with Crippen LogP contribution in [0.2, 0.25) is 0 Å². The highest BCUT2D eigenvalue weighted by Crippen LogP contribution is 2.39. The lowest BCUT2D eigenvalue weighted by Gasteiger charge is -2.23. The summed E-state index contributed by atoms with van der Waals surface area (Å²) in [6.45, 7) is 1.19. The fraction of sp³-hybridized carbons (Fsp3) is 0.600. The van der Waals surface area contributed by atoms with E-state index in [1.165, 1.54) is 12.5 Å². The second kappa shape index (κ2) is 8.11. The van der Waals surface area contributed by atoms with Crippen LogP contribution in [0, 0.1) is 5.92 Å². The van der Waals surface area contributed by atoms with Gasteiger partial charge in [-0.3, -0.25) is 0 Å². The number of nitrogens with one attached hydrogen (secondary N) is 1. The number of halogens is 3. The summed E-state index contributed by atoms with van der Waals surface area (Å²) in [5, 5.41) is 7.10. The van der Waals surface area contributed by atoms with E-state index in [1.54, 1.807) is 6.07 Å². The normalized spacial score (nSPS) is 21.2. The Kier molecular flexibility index (Phi) is 5.57. The van der Waals surface area contributed by atoms with Crippen LogP contribution in [0.5, 0.6) is 5.75 Å². The average Bonchev–Trinajstić information content (AvgIpc) is 3.38. The van der Waals surface area contributed by atoms with Gasteiger partial charge in [0.1, 0.15) is 5.75 Å². The molecule has 2 fully saturated rings. The summed E-state index contributed by atoms with van der Waals surface area (Å²) in [5.74, 6) is 0.767. The quantitative estimate of drug-likeness (QED) is 0.760. The van der Waals surface area contributed by atoms with Crippen molar-refractivity contribution in [3.05, 3.63) is 29.7 Å². The molecule has 1 N–H and O–H groups in total. The molecule has 5 nitrogen and oxygen atoms in total. The molecule has 1 aromatic carbocycles.